The second-order valence-electron chi connectivity index (χ2n) is 4.18. The van der Waals surface area contributed by atoms with Crippen LogP contribution in [0.15, 0.2) is 48.8 Å². The fraction of sp³-hybridized carbons (Fsp3) is 0.0714. The first-order chi connectivity index (χ1) is 9.75. The summed E-state index contributed by atoms with van der Waals surface area (Å²) in [6.07, 6.45) is 3.00. The van der Waals surface area contributed by atoms with Crippen molar-refractivity contribution in [3.63, 3.8) is 0 Å². The first-order valence-electron chi connectivity index (χ1n) is 6.06. The number of ketones is 1. The molecule has 0 unspecified atom stereocenters. The molecular weight excluding hydrogens is 254 g/mol. The number of aromatic nitrogens is 5. The fourth-order valence-corrected chi connectivity index (χ4v) is 1.86. The Morgan fingerprint density at radius 1 is 1.15 bits per heavy atom. The number of rotatable bonds is 3. The lowest BCUT2D eigenvalue weighted by Crippen LogP contribution is -2.12. The van der Waals surface area contributed by atoms with Crippen LogP contribution in [0.2, 0.25) is 0 Å². The smallest absolute Gasteiger partial charge is 0.231 e. The minimum Gasteiger partial charge on any atom is -0.285 e. The van der Waals surface area contributed by atoms with Gasteiger partial charge in [-0.25, -0.2) is 14.6 Å². The van der Waals surface area contributed by atoms with Crippen molar-refractivity contribution in [1.29, 1.82) is 0 Å². The lowest BCUT2D eigenvalue weighted by molar-refractivity contribution is 0.102. The van der Waals surface area contributed by atoms with Gasteiger partial charge in [0.1, 0.15) is 17.2 Å². The van der Waals surface area contributed by atoms with Crippen molar-refractivity contribution in [2.24, 2.45) is 0 Å². The van der Waals surface area contributed by atoms with Gasteiger partial charge in [-0.1, -0.05) is 23.4 Å². The molecule has 0 aliphatic rings. The summed E-state index contributed by atoms with van der Waals surface area (Å²) >= 11 is 0. The van der Waals surface area contributed by atoms with E-state index in [1.807, 2.05) is 30.3 Å². The summed E-state index contributed by atoms with van der Waals surface area (Å²) in [6, 6.07) is 10.9. The number of benzene rings is 1. The average Bonchev–Trinajstić information content (AvgIpc) is 2.97. The highest BCUT2D eigenvalue weighted by Crippen LogP contribution is 2.12. The fourth-order valence-electron chi connectivity index (χ4n) is 1.86. The normalized spacial score (nSPS) is 10.4. The molecule has 0 atom stereocenters. The number of para-hydroxylation sites is 1. The van der Waals surface area contributed by atoms with Gasteiger partial charge in [0.2, 0.25) is 5.78 Å². The van der Waals surface area contributed by atoms with Crippen LogP contribution in [0.1, 0.15) is 22.0 Å². The second-order valence-corrected chi connectivity index (χ2v) is 4.18. The van der Waals surface area contributed by atoms with E-state index in [0.29, 0.717) is 17.2 Å². The molecule has 0 spiro atoms. The van der Waals surface area contributed by atoms with Gasteiger partial charge in [-0.2, -0.15) is 0 Å². The van der Waals surface area contributed by atoms with Crippen molar-refractivity contribution in [2.75, 3.05) is 0 Å². The van der Waals surface area contributed by atoms with Crippen molar-refractivity contribution >= 4 is 5.78 Å². The van der Waals surface area contributed by atoms with Gasteiger partial charge in [-0.15, -0.1) is 5.10 Å². The van der Waals surface area contributed by atoms with Gasteiger partial charge in [0.05, 0.1) is 11.9 Å². The third-order valence-electron chi connectivity index (χ3n) is 2.79. The molecule has 20 heavy (non-hydrogen) atoms. The van der Waals surface area contributed by atoms with Crippen LogP contribution in [0.25, 0.3) is 5.69 Å². The molecule has 6 heteroatoms. The summed E-state index contributed by atoms with van der Waals surface area (Å²) in [5.41, 5.74) is 1.48. The van der Waals surface area contributed by atoms with Crippen LogP contribution < -0.4 is 0 Å². The summed E-state index contributed by atoms with van der Waals surface area (Å²) in [4.78, 5) is 20.6. The lowest BCUT2D eigenvalue weighted by atomic mass is 10.2. The number of nitrogens with zero attached hydrogens (tertiary/aromatic N) is 5. The van der Waals surface area contributed by atoms with Crippen LogP contribution in [-0.2, 0) is 0 Å². The van der Waals surface area contributed by atoms with Gasteiger partial charge in [0.25, 0.3) is 0 Å². The minimum atomic E-state index is -0.232. The predicted octanol–water partition coefficient (Wildman–Crippen LogP) is 1.60. The largest absolute Gasteiger partial charge is 0.285 e. The Morgan fingerprint density at radius 3 is 2.70 bits per heavy atom. The maximum absolute atomic E-state index is 12.5. The molecule has 0 radical (unpaired) electrons. The quantitative estimate of drug-likeness (QED) is 0.672. The highest BCUT2D eigenvalue weighted by molar-refractivity contribution is 6.06. The highest BCUT2D eigenvalue weighted by atomic mass is 16.1. The summed E-state index contributed by atoms with van der Waals surface area (Å²) in [7, 11) is 0. The molecule has 1 aromatic carbocycles. The van der Waals surface area contributed by atoms with Gasteiger partial charge in [0, 0.05) is 6.20 Å². The zero-order valence-corrected chi connectivity index (χ0v) is 10.8. The molecule has 0 fully saturated rings. The first-order valence-corrected chi connectivity index (χ1v) is 6.06. The minimum absolute atomic E-state index is 0.232. The molecule has 0 bridgehead atoms. The van der Waals surface area contributed by atoms with E-state index in [9.17, 15) is 4.79 Å². The van der Waals surface area contributed by atoms with Crippen molar-refractivity contribution in [1.82, 2.24) is 25.0 Å². The van der Waals surface area contributed by atoms with Crippen LogP contribution in [-0.4, -0.2) is 30.7 Å². The molecule has 3 aromatic rings. The third-order valence-corrected chi connectivity index (χ3v) is 2.79. The van der Waals surface area contributed by atoms with Crippen LogP contribution in [0.3, 0.4) is 0 Å². The zero-order chi connectivity index (χ0) is 13.9. The number of carbonyl (C=O) groups is 1. The van der Waals surface area contributed by atoms with Gasteiger partial charge in [-0.3, -0.25) is 4.79 Å². The van der Waals surface area contributed by atoms with E-state index in [1.54, 1.807) is 19.2 Å². The Bertz CT molecular complexity index is 751. The second kappa shape index (κ2) is 5.00. The van der Waals surface area contributed by atoms with Crippen LogP contribution in [0, 0.1) is 6.92 Å². The Kier molecular flexibility index (Phi) is 3.04. The van der Waals surface area contributed by atoms with Gasteiger partial charge < -0.3 is 0 Å². The van der Waals surface area contributed by atoms with Gasteiger partial charge >= 0.3 is 0 Å². The van der Waals surface area contributed by atoms with E-state index in [0.717, 1.165) is 5.69 Å². The number of hydrogen-bond acceptors (Lipinski definition) is 5. The molecule has 0 aliphatic carbocycles. The molecule has 0 aliphatic heterocycles. The Balaban J connectivity index is 2.04. The lowest BCUT2D eigenvalue weighted by Gasteiger charge is -2.05. The summed E-state index contributed by atoms with van der Waals surface area (Å²) in [5, 5.41) is 7.77. The summed E-state index contributed by atoms with van der Waals surface area (Å²) < 4.78 is 1.50. The van der Waals surface area contributed by atoms with Crippen molar-refractivity contribution < 1.29 is 4.79 Å². The summed E-state index contributed by atoms with van der Waals surface area (Å²) in [6.45, 7) is 1.74. The van der Waals surface area contributed by atoms with Crippen molar-refractivity contribution in [3.8, 4) is 5.69 Å². The Hall–Kier alpha value is -2.89. The van der Waals surface area contributed by atoms with Crippen molar-refractivity contribution in [3.05, 3.63) is 66.0 Å². The van der Waals surface area contributed by atoms with Crippen LogP contribution in [0.5, 0.6) is 0 Å². The summed E-state index contributed by atoms with van der Waals surface area (Å²) in [5.74, 6) is 0.318. The maximum atomic E-state index is 12.5. The van der Waals surface area contributed by atoms with Crippen LogP contribution in [0.4, 0.5) is 0 Å². The molecule has 98 valence electrons. The third kappa shape index (κ3) is 2.18. The molecule has 3 rings (SSSR count). The Labute approximate surface area is 115 Å². The topological polar surface area (TPSA) is 73.6 Å². The highest BCUT2D eigenvalue weighted by Gasteiger charge is 2.17. The van der Waals surface area contributed by atoms with Gasteiger partial charge in [0.15, 0.2) is 0 Å². The predicted molar refractivity (Wildman–Crippen MR) is 71.6 cm³/mol. The Morgan fingerprint density at radius 2 is 1.95 bits per heavy atom. The molecule has 2 heterocycles. The molecular formula is C14H11N5O. The molecule has 0 amide bonds. The van der Waals surface area contributed by atoms with E-state index in [1.165, 1.54) is 10.9 Å². The van der Waals surface area contributed by atoms with Crippen molar-refractivity contribution in [2.45, 2.75) is 6.92 Å². The zero-order valence-electron chi connectivity index (χ0n) is 10.8. The van der Waals surface area contributed by atoms with E-state index in [4.69, 9.17) is 0 Å². The van der Waals surface area contributed by atoms with E-state index < -0.39 is 0 Å². The first kappa shape index (κ1) is 12.2. The number of hydrogen-bond donors (Lipinski definition) is 0. The SMILES string of the molecule is Cc1nccc(C(=O)c2cnnn2-c2ccccc2)n1. The average molecular weight is 265 g/mol. The van der Waals surface area contributed by atoms with Crippen LogP contribution >= 0.6 is 0 Å². The molecule has 0 N–H and O–H groups in total. The molecule has 0 saturated carbocycles. The number of aryl methyl sites for hydroxylation is 1. The van der Waals surface area contributed by atoms with E-state index in [-0.39, 0.29) is 5.78 Å². The maximum Gasteiger partial charge on any atom is 0.231 e. The standard InChI is InChI=1S/C14H11N5O/c1-10-15-8-7-12(17-10)14(20)13-9-16-18-19(13)11-5-3-2-4-6-11/h2-9H,1H3. The molecule has 0 saturated heterocycles. The molecule has 6 nitrogen and oxygen atoms in total. The molecule has 2 aromatic heterocycles. The van der Waals surface area contributed by atoms with E-state index in [2.05, 4.69) is 20.3 Å². The monoisotopic (exact) mass is 265 g/mol. The number of carbonyl (C=O) groups excluding carboxylic acids is 1. The van der Waals surface area contributed by atoms with Gasteiger partial charge in [-0.05, 0) is 25.1 Å². The van der Waals surface area contributed by atoms with E-state index >= 15 is 0 Å².